The molecular weight excluding hydrogens is 353 g/mol. The number of nitrogens with two attached hydrogens (primary N) is 1. The molecule has 1 aromatic heterocycles. The van der Waals surface area contributed by atoms with E-state index < -0.39 is 11.9 Å². The first-order valence-corrected chi connectivity index (χ1v) is 7.98. The Balaban J connectivity index is 1.67. The van der Waals surface area contributed by atoms with Gasteiger partial charge in [0.05, 0.1) is 12.5 Å². The van der Waals surface area contributed by atoms with Gasteiger partial charge in [-0.2, -0.15) is 0 Å². The van der Waals surface area contributed by atoms with E-state index in [1.165, 1.54) is 41.4 Å². The number of hydrogen-bond acceptors (Lipinski definition) is 5. The summed E-state index contributed by atoms with van der Waals surface area (Å²) < 4.78 is 25.1. The molecule has 27 heavy (non-hydrogen) atoms. The van der Waals surface area contributed by atoms with Gasteiger partial charge in [0.25, 0.3) is 5.91 Å². The molecule has 0 bridgehead atoms. The predicted molar refractivity (Wildman–Crippen MR) is 93.8 cm³/mol. The molecule has 0 radical (unpaired) electrons. The summed E-state index contributed by atoms with van der Waals surface area (Å²) in [6.07, 6.45) is 2.82. The lowest BCUT2D eigenvalue weighted by atomic mass is 10.2. The third-order valence-electron chi connectivity index (χ3n) is 3.60. The number of imidazole rings is 1. The summed E-state index contributed by atoms with van der Waals surface area (Å²) >= 11 is 0. The minimum atomic E-state index is -0.583. The van der Waals surface area contributed by atoms with Crippen molar-refractivity contribution >= 4 is 11.9 Å². The van der Waals surface area contributed by atoms with Crippen LogP contribution in [0.4, 0.5) is 4.39 Å². The number of hydrogen-bond donors (Lipinski definition) is 1. The third kappa shape index (κ3) is 4.69. The van der Waals surface area contributed by atoms with Crippen LogP contribution >= 0.6 is 0 Å². The van der Waals surface area contributed by atoms with Crippen molar-refractivity contribution in [3.63, 3.8) is 0 Å². The summed E-state index contributed by atoms with van der Waals surface area (Å²) in [4.78, 5) is 27.1. The molecule has 0 aliphatic carbocycles. The van der Waals surface area contributed by atoms with E-state index in [4.69, 9.17) is 15.2 Å². The highest BCUT2D eigenvalue weighted by Crippen LogP contribution is 2.16. The first kappa shape index (κ1) is 18.1. The summed E-state index contributed by atoms with van der Waals surface area (Å²) in [5.41, 5.74) is 6.51. The van der Waals surface area contributed by atoms with Crippen LogP contribution in [0.15, 0.2) is 61.1 Å². The number of nitrogens with zero attached hydrogens (tertiary/aromatic N) is 2. The highest BCUT2D eigenvalue weighted by Gasteiger charge is 2.15. The number of aromatic nitrogens is 2. The lowest BCUT2D eigenvalue weighted by molar-refractivity contribution is -0.119. The molecule has 0 fully saturated rings. The molecule has 0 saturated heterocycles. The molecule has 8 heteroatoms. The van der Waals surface area contributed by atoms with Crippen LogP contribution in [0.1, 0.15) is 16.1 Å². The molecule has 0 saturated carbocycles. The molecule has 0 atom stereocenters. The molecule has 7 nitrogen and oxygen atoms in total. The van der Waals surface area contributed by atoms with Gasteiger partial charge in [-0.3, -0.25) is 9.36 Å². The maximum absolute atomic E-state index is 13.1. The van der Waals surface area contributed by atoms with E-state index in [1.54, 1.807) is 24.3 Å². The van der Waals surface area contributed by atoms with Crippen LogP contribution in [0.5, 0.6) is 5.75 Å². The Morgan fingerprint density at radius 2 is 1.93 bits per heavy atom. The van der Waals surface area contributed by atoms with Gasteiger partial charge in [0.2, 0.25) is 0 Å². The molecular formula is C19H16FN3O4. The smallest absolute Gasteiger partial charge is 0.357 e. The van der Waals surface area contributed by atoms with Crippen molar-refractivity contribution in [1.82, 2.24) is 9.55 Å². The number of benzene rings is 2. The number of primary amides is 1. The van der Waals surface area contributed by atoms with Crippen LogP contribution in [0.25, 0.3) is 5.69 Å². The highest BCUT2D eigenvalue weighted by atomic mass is 19.1. The standard InChI is InChI=1S/C19H16FN3O4/c20-14-4-6-15(7-5-14)23-12-22-9-17(23)19(25)27-10-13-2-1-3-16(8-13)26-11-18(21)24/h1-9,12H,10-11H2,(H2,21,24). The summed E-state index contributed by atoms with van der Waals surface area (Å²) in [6, 6.07) is 12.4. The molecule has 138 valence electrons. The van der Waals surface area contributed by atoms with Gasteiger partial charge in [-0.05, 0) is 42.0 Å². The molecule has 3 aromatic rings. The monoisotopic (exact) mass is 369 g/mol. The summed E-state index contributed by atoms with van der Waals surface area (Å²) in [5, 5.41) is 0. The fourth-order valence-corrected chi connectivity index (χ4v) is 2.36. The van der Waals surface area contributed by atoms with E-state index in [1.807, 2.05) is 0 Å². The van der Waals surface area contributed by atoms with E-state index in [0.29, 0.717) is 17.0 Å². The van der Waals surface area contributed by atoms with Crippen molar-refractivity contribution in [1.29, 1.82) is 0 Å². The van der Waals surface area contributed by atoms with Gasteiger partial charge in [-0.15, -0.1) is 0 Å². The first-order valence-electron chi connectivity index (χ1n) is 7.98. The highest BCUT2D eigenvalue weighted by molar-refractivity contribution is 5.88. The van der Waals surface area contributed by atoms with Crippen LogP contribution in [-0.4, -0.2) is 28.0 Å². The Kier molecular flexibility index (Phi) is 5.46. The second-order valence-electron chi connectivity index (χ2n) is 5.60. The van der Waals surface area contributed by atoms with Crippen LogP contribution in [-0.2, 0) is 16.1 Å². The lowest BCUT2D eigenvalue weighted by Crippen LogP contribution is -2.20. The van der Waals surface area contributed by atoms with Crippen molar-refractivity contribution < 1.29 is 23.5 Å². The van der Waals surface area contributed by atoms with Gasteiger partial charge in [0.15, 0.2) is 12.3 Å². The Morgan fingerprint density at radius 1 is 1.15 bits per heavy atom. The van der Waals surface area contributed by atoms with E-state index in [-0.39, 0.29) is 24.7 Å². The van der Waals surface area contributed by atoms with Crippen molar-refractivity contribution in [3.05, 3.63) is 78.1 Å². The number of esters is 1. The minimum Gasteiger partial charge on any atom is -0.484 e. The number of amides is 1. The minimum absolute atomic E-state index is 0.00119. The van der Waals surface area contributed by atoms with Crippen LogP contribution in [0.2, 0.25) is 0 Å². The number of halogens is 1. The summed E-state index contributed by atoms with van der Waals surface area (Å²) in [6.45, 7) is -0.235. The normalized spacial score (nSPS) is 10.4. The van der Waals surface area contributed by atoms with Crippen molar-refractivity contribution in [2.45, 2.75) is 6.61 Å². The Labute approximate surface area is 154 Å². The van der Waals surface area contributed by atoms with Crippen LogP contribution < -0.4 is 10.5 Å². The molecule has 3 rings (SSSR count). The number of carbonyl (C=O) groups excluding carboxylic acids is 2. The van der Waals surface area contributed by atoms with Gasteiger partial charge in [0.1, 0.15) is 18.2 Å². The van der Waals surface area contributed by atoms with Crippen molar-refractivity contribution in [2.75, 3.05) is 6.61 Å². The molecule has 2 aromatic carbocycles. The second kappa shape index (κ2) is 8.13. The fraction of sp³-hybridized carbons (Fsp3) is 0.105. The van der Waals surface area contributed by atoms with E-state index >= 15 is 0 Å². The van der Waals surface area contributed by atoms with E-state index in [9.17, 15) is 14.0 Å². The topological polar surface area (TPSA) is 96.4 Å². The molecule has 1 heterocycles. The maximum Gasteiger partial charge on any atom is 0.357 e. The van der Waals surface area contributed by atoms with E-state index in [2.05, 4.69) is 4.98 Å². The van der Waals surface area contributed by atoms with Crippen LogP contribution in [0.3, 0.4) is 0 Å². The van der Waals surface area contributed by atoms with Crippen molar-refractivity contribution in [2.24, 2.45) is 5.73 Å². The predicted octanol–water partition coefficient (Wildman–Crippen LogP) is 2.23. The van der Waals surface area contributed by atoms with Gasteiger partial charge in [-0.25, -0.2) is 14.2 Å². The fourth-order valence-electron chi connectivity index (χ4n) is 2.36. The van der Waals surface area contributed by atoms with Crippen molar-refractivity contribution in [3.8, 4) is 11.4 Å². The average molecular weight is 369 g/mol. The largest absolute Gasteiger partial charge is 0.484 e. The molecule has 2 N–H and O–H groups in total. The van der Waals surface area contributed by atoms with Gasteiger partial charge >= 0.3 is 5.97 Å². The molecule has 0 unspecified atom stereocenters. The Hall–Kier alpha value is -3.68. The molecule has 0 aliphatic rings. The lowest BCUT2D eigenvalue weighted by Gasteiger charge is -2.09. The third-order valence-corrected chi connectivity index (χ3v) is 3.60. The Morgan fingerprint density at radius 3 is 2.67 bits per heavy atom. The maximum atomic E-state index is 13.1. The molecule has 0 aliphatic heterocycles. The Bertz CT molecular complexity index is 954. The molecule has 0 spiro atoms. The average Bonchev–Trinajstić information content (AvgIpc) is 3.15. The zero-order valence-corrected chi connectivity index (χ0v) is 14.2. The van der Waals surface area contributed by atoms with Gasteiger partial charge in [-0.1, -0.05) is 12.1 Å². The van der Waals surface area contributed by atoms with Gasteiger partial charge < -0.3 is 15.2 Å². The zero-order valence-electron chi connectivity index (χ0n) is 14.2. The van der Waals surface area contributed by atoms with Gasteiger partial charge in [0, 0.05) is 5.69 Å². The number of carbonyl (C=O) groups is 2. The quantitative estimate of drug-likeness (QED) is 0.644. The summed E-state index contributed by atoms with van der Waals surface area (Å²) in [5.74, 6) is -1.10. The second-order valence-corrected chi connectivity index (χ2v) is 5.60. The first-order chi connectivity index (χ1) is 13.0. The summed E-state index contributed by atoms with van der Waals surface area (Å²) in [7, 11) is 0. The number of ether oxygens (including phenoxy) is 2. The van der Waals surface area contributed by atoms with Crippen LogP contribution in [0, 0.1) is 5.82 Å². The SMILES string of the molecule is NC(=O)COc1cccc(COC(=O)c2cncn2-c2ccc(F)cc2)c1. The van der Waals surface area contributed by atoms with E-state index in [0.717, 1.165) is 0 Å². The molecule has 1 amide bonds. The zero-order chi connectivity index (χ0) is 19.2. The number of rotatable bonds is 7.